The average molecular weight is 281 g/mol. The number of halogens is 1. The number of nitrogens with zero attached hydrogens (tertiary/aromatic N) is 2. The lowest BCUT2D eigenvalue weighted by molar-refractivity contribution is -0.108. The summed E-state index contributed by atoms with van der Waals surface area (Å²) >= 11 is 3.44. The summed E-state index contributed by atoms with van der Waals surface area (Å²) in [6.45, 7) is 2.06. The van der Waals surface area contributed by atoms with Gasteiger partial charge in [-0.3, -0.25) is 4.68 Å². The lowest BCUT2D eigenvalue weighted by atomic mass is 9.96. The first-order valence-corrected chi connectivity index (χ1v) is 5.99. The molecule has 1 aromatic heterocycles. The summed E-state index contributed by atoms with van der Waals surface area (Å²) in [5, 5.41) is 5.43. The van der Waals surface area contributed by atoms with Crippen LogP contribution in [-0.4, -0.2) is 16.1 Å². The summed E-state index contributed by atoms with van der Waals surface area (Å²) in [5.41, 5.74) is 2.27. The van der Waals surface area contributed by atoms with Crippen molar-refractivity contribution in [2.45, 2.75) is 19.3 Å². The van der Waals surface area contributed by atoms with Crippen LogP contribution >= 0.6 is 15.9 Å². The number of aldehydes is 1. The molecule has 2 aromatic rings. The van der Waals surface area contributed by atoms with Crippen LogP contribution in [0.5, 0.6) is 0 Å². The van der Waals surface area contributed by atoms with Gasteiger partial charge in [0.2, 0.25) is 0 Å². The van der Waals surface area contributed by atoms with Crippen LogP contribution in [0.4, 0.5) is 0 Å². The van der Waals surface area contributed by atoms with Crippen LogP contribution in [0, 0.1) is 0 Å². The number of rotatable bonds is 3. The molecule has 0 aliphatic rings. The molecule has 84 valence electrons. The SMILES string of the molecule is CC(CC=O)c1cccc2c(Br)nn(C)c12. The van der Waals surface area contributed by atoms with E-state index >= 15 is 0 Å². The fourth-order valence-corrected chi connectivity index (χ4v) is 2.55. The number of hydrogen-bond donors (Lipinski definition) is 0. The van der Waals surface area contributed by atoms with E-state index in [1.54, 1.807) is 0 Å². The zero-order valence-corrected chi connectivity index (χ0v) is 10.9. The maximum atomic E-state index is 10.6. The predicted octanol–water partition coefficient (Wildman–Crippen LogP) is 3.03. The molecule has 0 radical (unpaired) electrons. The quantitative estimate of drug-likeness (QED) is 0.810. The molecular formula is C12H13BrN2O. The molecular weight excluding hydrogens is 268 g/mol. The van der Waals surface area contributed by atoms with Crippen LogP contribution in [0.1, 0.15) is 24.8 Å². The van der Waals surface area contributed by atoms with Crippen LogP contribution in [0.2, 0.25) is 0 Å². The standard InChI is InChI=1S/C12H13BrN2O/c1-8(6-7-16)9-4-3-5-10-11(9)15(2)14-12(10)13/h3-5,7-8H,6H2,1-2H3. The Morgan fingerprint density at radius 3 is 3.00 bits per heavy atom. The third-order valence-electron chi connectivity index (χ3n) is 2.83. The third-order valence-corrected chi connectivity index (χ3v) is 3.42. The molecule has 0 saturated heterocycles. The molecule has 0 bridgehead atoms. The molecule has 3 nitrogen and oxygen atoms in total. The van der Waals surface area contributed by atoms with Crippen LogP contribution in [-0.2, 0) is 11.8 Å². The van der Waals surface area contributed by atoms with Gasteiger partial charge in [-0.2, -0.15) is 5.10 Å². The van der Waals surface area contributed by atoms with Crippen LogP contribution < -0.4 is 0 Å². The molecule has 1 aromatic carbocycles. The minimum Gasteiger partial charge on any atom is -0.303 e. The third kappa shape index (κ3) is 1.78. The van der Waals surface area contributed by atoms with Gasteiger partial charge in [-0.25, -0.2) is 0 Å². The Morgan fingerprint density at radius 2 is 2.31 bits per heavy atom. The second-order valence-corrected chi connectivity index (χ2v) is 4.71. The van der Waals surface area contributed by atoms with E-state index in [-0.39, 0.29) is 5.92 Å². The van der Waals surface area contributed by atoms with Gasteiger partial charge in [0, 0.05) is 18.9 Å². The van der Waals surface area contributed by atoms with Gasteiger partial charge in [0.1, 0.15) is 10.9 Å². The van der Waals surface area contributed by atoms with Gasteiger partial charge in [-0.15, -0.1) is 0 Å². The van der Waals surface area contributed by atoms with E-state index in [1.807, 2.05) is 23.9 Å². The minimum absolute atomic E-state index is 0.225. The largest absolute Gasteiger partial charge is 0.303 e. The lowest BCUT2D eigenvalue weighted by Gasteiger charge is -2.10. The number of carbonyl (C=O) groups excluding carboxylic acids is 1. The molecule has 0 N–H and O–H groups in total. The Balaban J connectivity index is 2.65. The Labute approximate surface area is 103 Å². The van der Waals surface area contributed by atoms with Gasteiger partial charge in [0.25, 0.3) is 0 Å². The predicted molar refractivity (Wildman–Crippen MR) is 67.5 cm³/mol. The zero-order valence-electron chi connectivity index (χ0n) is 9.27. The molecule has 0 saturated carbocycles. The van der Waals surface area contributed by atoms with E-state index < -0.39 is 0 Å². The van der Waals surface area contributed by atoms with Crippen molar-refractivity contribution in [1.82, 2.24) is 9.78 Å². The van der Waals surface area contributed by atoms with Crippen LogP contribution in [0.15, 0.2) is 22.8 Å². The molecule has 2 rings (SSSR count). The van der Waals surface area contributed by atoms with Gasteiger partial charge in [-0.05, 0) is 27.4 Å². The highest BCUT2D eigenvalue weighted by molar-refractivity contribution is 9.10. The van der Waals surface area contributed by atoms with Crippen molar-refractivity contribution < 1.29 is 4.79 Å². The number of fused-ring (bicyclic) bond motifs is 1. The Morgan fingerprint density at radius 1 is 1.56 bits per heavy atom. The topological polar surface area (TPSA) is 34.9 Å². The number of aryl methyl sites for hydroxylation is 1. The van der Waals surface area contributed by atoms with Gasteiger partial charge in [-0.1, -0.05) is 25.1 Å². The maximum absolute atomic E-state index is 10.6. The molecule has 0 aliphatic carbocycles. The van der Waals surface area contributed by atoms with Gasteiger partial charge >= 0.3 is 0 Å². The molecule has 1 atom stereocenters. The second-order valence-electron chi connectivity index (χ2n) is 3.96. The van der Waals surface area contributed by atoms with Gasteiger partial charge in [0.15, 0.2) is 0 Å². The number of hydrogen-bond acceptors (Lipinski definition) is 2. The number of aromatic nitrogens is 2. The maximum Gasteiger partial charge on any atom is 0.135 e. The fraction of sp³-hybridized carbons (Fsp3) is 0.333. The highest BCUT2D eigenvalue weighted by atomic mass is 79.9. The Bertz CT molecular complexity index is 533. The Kier molecular flexibility index (Phi) is 3.10. The van der Waals surface area contributed by atoms with Crippen molar-refractivity contribution in [3.8, 4) is 0 Å². The zero-order chi connectivity index (χ0) is 11.7. The van der Waals surface area contributed by atoms with E-state index in [4.69, 9.17) is 0 Å². The summed E-state index contributed by atoms with van der Waals surface area (Å²) < 4.78 is 2.71. The molecule has 0 amide bonds. The second kappa shape index (κ2) is 4.37. The summed E-state index contributed by atoms with van der Waals surface area (Å²) in [7, 11) is 1.92. The van der Waals surface area contributed by atoms with Crippen molar-refractivity contribution in [2.75, 3.05) is 0 Å². The first-order chi connectivity index (χ1) is 7.65. The summed E-state index contributed by atoms with van der Waals surface area (Å²) in [4.78, 5) is 10.6. The average Bonchev–Trinajstić information content (AvgIpc) is 2.55. The minimum atomic E-state index is 0.225. The van der Waals surface area contributed by atoms with Crippen LogP contribution in [0.25, 0.3) is 10.9 Å². The molecule has 16 heavy (non-hydrogen) atoms. The summed E-state index contributed by atoms with van der Waals surface area (Å²) in [6, 6.07) is 6.10. The number of para-hydroxylation sites is 1. The van der Waals surface area contributed by atoms with E-state index in [1.165, 1.54) is 5.56 Å². The van der Waals surface area contributed by atoms with E-state index in [0.29, 0.717) is 6.42 Å². The Hall–Kier alpha value is -1.16. The highest BCUT2D eigenvalue weighted by Crippen LogP contribution is 2.30. The van der Waals surface area contributed by atoms with E-state index in [9.17, 15) is 4.79 Å². The summed E-state index contributed by atoms with van der Waals surface area (Å²) in [6.07, 6.45) is 1.51. The van der Waals surface area contributed by atoms with Gasteiger partial charge in [0.05, 0.1) is 5.52 Å². The lowest BCUT2D eigenvalue weighted by Crippen LogP contribution is -1.99. The first-order valence-electron chi connectivity index (χ1n) is 5.20. The normalized spacial score (nSPS) is 12.9. The van der Waals surface area contributed by atoms with Crippen molar-refractivity contribution in [2.24, 2.45) is 7.05 Å². The van der Waals surface area contributed by atoms with Crippen molar-refractivity contribution in [3.63, 3.8) is 0 Å². The number of carbonyl (C=O) groups is 1. The van der Waals surface area contributed by atoms with Crippen molar-refractivity contribution >= 4 is 33.1 Å². The fourth-order valence-electron chi connectivity index (χ4n) is 1.99. The molecule has 0 spiro atoms. The van der Waals surface area contributed by atoms with E-state index in [0.717, 1.165) is 21.8 Å². The monoisotopic (exact) mass is 280 g/mol. The molecule has 1 unspecified atom stereocenters. The molecule has 0 fully saturated rings. The van der Waals surface area contributed by atoms with E-state index in [2.05, 4.69) is 34.0 Å². The molecule has 4 heteroatoms. The molecule has 1 heterocycles. The summed E-state index contributed by atoms with van der Waals surface area (Å²) in [5.74, 6) is 0.225. The molecule has 0 aliphatic heterocycles. The first kappa shape index (κ1) is 11.3. The van der Waals surface area contributed by atoms with Crippen molar-refractivity contribution in [3.05, 3.63) is 28.4 Å². The highest BCUT2D eigenvalue weighted by Gasteiger charge is 2.14. The van der Waals surface area contributed by atoms with Crippen molar-refractivity contribution in [1.29, 1.82) is 0 Å². The number of benzene rings is 1. The van der Waals surface area contributed by atoms with Gasteiger partial charge < -0.3 is 4.79 Å². The van der Waals surface area contributed by atoms with Crippen LogP contribution in [0.3, 0.4) is 0 Å². The smallest absolute Gasteiger partial charge is 0.135 e.